The number of hydrogen-bond donors (Lipinski definition) is 9. The van der Waals surface area contributed by atoms with E-state index in [1.54, 1.807) is 62.8 Å². The highest BCUT2D eigenvalue weighted by atomic mass is 32.2. The molecule has 27 nitrogen and oxygen atoms in total. The number of nitrogens with one attached hydrogen (secondary N) is 2. The number of pyridine rings is 1. The number of halogens is 1. The molecule has 36 heteroatoms. The molecule has 9 rings (SSSR count). The zero-order valence-corrected chi connectivity index (χ0v) is 60.9. The summed E-state index contributed by atoms with van der Waals surface area (Å²) in [4.78, 5) is 46.5. The molecule has 2 aromatic carbocycles. The lowest BCUT2D eigenvalue weighted by molar-refractivity contribution is 0.0276. The number of rotatable bonds is 32. The van der Waals surface area contributed by atoms with Crippen LogP contribution < -0.4 is 62.8 Å². The zero-order chi connectivity index (χ0) is 72.2. The molecule has 9 aromatic rings. The van der Waals surface area contributed by atoms with E-state index < -0.39 is 37.2 Å². The summed E-state index contributed by atoms with van der Waals surface area (Å²) in [5.41, 5.74) is 35.9. The number of aliphatic hydroxyl groups is 1. The summed E-state index contributed by atoms with van der Waals surface area (Å²) in [5.74, 6) is 3.98. The second-order valence-electron chi connectivity index (χ2n) is 21.7. The molecule has 0 saturated carbocycles. The number of aromatic nitrogens is 10. The Hall–Kier alpha value is -7.52. The van der Waals surface area contributed by atoms with Crippen LogP contribution in [0.3, 0.4) is 0 Å². The number of ether oxygens (including phenoxy) is 4. The summed E-state index contributed by atoms with van der Waals surface area (Å²) in [7, 11) is -5.02. The summed E-state index contributed by atoms with van der Waals surface area (Å²) in [6.07, 6.45) is 9.00. The maximum atomic E-state index is 14.3. The monoisotopic (exact) mass is 1480 g/mol. The van der Waals surface area contributed by atoms with E-state index in [9.17, 15) is 26.3 Å². The number of thiazole rings is 3. The molecule has 522 valence electrons. The van der Waals surface area contributed by atoms with E-state index in [1.165, 1.54) is 81.4 Å². The molecule has 0 fully saturated rings. The van der Waals surface area contributed by atoms with Gasteiger partial charge in [-0.05, 0) is 69.5 Å². The van der Waals surface area contributed by atoms with Gasteiger partial charge in [0, 0.05) is 101 Å². The van der Waals surface area contributed by atoms with E-state index in [0.717, 1.165) is 93.7 Å². The molecule has 15 N–H and O–H groups in total. The van der Waals surface area contributed by atoms with Gasteiger partial charge < -0.3 is 58.5 Å². The summed E-state index contributed by atoms with van der Waals surface area (Å²) in [5, 5.41) is 13.3. The Kier molecular flexibility index (Phi) is 27.6. The minimum atomic E-state index is -3.31. The van der Waals surface area contributed by atoms with Gasteiger partial charge >= 0.3 is 0 Å². The van der Waals surface area contributed by atoms with Crippen LogP contribution in [0, 0.1) is 5.82 Å². The molecule has 0 spiro atoms. The number of nitrogens with zero attached hydrogens (tertiary/aromatic N) is 10. The number of benzene rings is 2. The largest absolute Gasteiger partial charge is 0.493 e. The molecule has 0 bridgehead atoms. The first-order chi connectivity index (χ1) is 46.8. The van der Waals surface area contributed by atoms with Gasteiger partial charge in [-0.2, -0.15) is 0 Å². The number of anilines is 6. The van der Waals surface area contributed by atoms with E-state index >= 15 is 0 Å². The number of aryl methyl sites for hydroxylation is 3. The first-order valence-corrected chi connectivity index (χ1v) is 38.9. The molecule has 0 aliphatic carbocycles. The Morgan fingerprint density at radius 3 is 1.46 bits per heavy atom. The van der Waals surface area contributed by atoms with Crippen LogP contribution in [0.25, 0.3) is 31.7 Å². The number of hydrogen-bond acceptors (Lipinski definition) is 31. The normalized spacial score (nSPS) is 12.0. The van der Waals surface area contributed by atoms with Crippen molar-refractivity contribution in [1.29, 1.82) is 0 Å². The second kappa shape index (κ2) is 36.4. The third kappa shape index (κ3) is 26.0. The van der Waals surface area contributed by atoms with Crippen molar-refractivity contribution in [1.82, 2.24) is 59.3 Å². The highest BCUT2D eigenvalue weighted by Gasteiger charge is 2.21. The minimum Gasteiger partial charge on any atom is -0.493 e. The Morgan fingerprint density at radius 2 is 1.00 bits per heavy atom. The molecule has 0 aliphatic rings. The van der Waals surface area contributed by atoms with Crippen LogP contribution in [-0.4, -0.2) is 130 Å². The third-order valence-electron chi connectivity index (χ3n) is 12.4. The van der Waals surface area contributed by atoms with Crippen molar-refractivity contribution >= 4 is 124 Å². The molecule has 0 aliphatic heterocycles. The van der Waals surface area contributed by atoms with Gasteiger partial charge in [-0.3, -0.25) is 0 Å². The first-order valence-electron chi connectivity index (χ1n) is 30.9. The lowest BCUT2D eigenvalue weighted by Gasteiger charge is -2.19. The van der Waals surface area contributed by atoms with Crippen molar-refractivity contribution in [3.05, 3.63) is 110 Å². The average Bonchev–Trinajstić information content (AvgIpc) is 1.67. The van der Waals surface area contributed by atoms with Crippen molar-refractivity contribution in [2.75, 3.05) is 86.9 Å². The number of nitrogens with two attached hydrogens (primary N) is 6. The van der Waals surface area contributed by atoms with Gasteiger partial charge in [0.15, 0.2) is 27.0 Å². The van der Waals surface area contributed by atoms with Crippen molar-refractivity contribution in [3.8, 4) is 54.8 Å². The van der Waals surface area contributed by atoms with E-state index in [4.69, 9.17) is 66.1 Å². The molecule has 0 atom stereocenters. The van der Waals surface area contributed by atoms with Gasteiger partial charge in [-0.1, -0.05) is 75.3 Å². The lowest BCUT2D eigenvalue weighted by Crippen LogP contribution is -2.27. The van der Waals surface area contributed by atoms with Crippen LogP contribution >= 0.6 is 69.3 Å². The van der Waals surface area contributed by atoms with Crippen LogP contribution in [-0.2, 0) is 56.5 Å². The Morgan fingerprint density at radius 1 is 0.557 bits per heavy atom. The smallest absolute Gasteiger partial charge is 0.213 e. The summed E-state index contributed by atoms with van der Waals surface area (Å²) >= 11 is 8.19. The molecular weight excluding hydrogens is 1400 g/mol. The Labute approximate surface area is 591 Å². The first kappa shape index (κ1) is 73.7. The summed E-state index contributed by atoms with van der Waals surface area (Å²) < 4.78 is 103. The molecule has 7 heterocycles. The second-order valence-corrected chi connectivity index (χ2v) is 31.2. The SMILES string of the molecule is CCCc1sc(-c2cc(F)cc(OCCNS(C)(=O)=O)c2)nc1CSc1nc(N)cc(N)n1.CCCc1sc(-c2ccnc(OCCNS(C)(=O)=O)c2)nc1CSc1nc(N)cc(N)n1.[2H]C([2H])(Sc1nc(N)cc(N)n1)c1nc(-c2ccc(OC)c(OCC(C)(C)O)c2)sc1CCC. The minimum absolute atomic E-state index is 0.0696. The van der Waals surface area contributed by atoms with E-state index in [-0.39, 0.29) is 49.7 Å². The number of methoxy groups -OCH3 is 1. The number of thioether (sulfide) groups is 3. The van der Waals surface area contributed by atoms with Crippen LogP contribution in [0.15, 0.2) is 88.4 Å². The van der Waals surface area contributed by atoms with Gasteiger partial charge in [-0.25, -0.2) is 80.5 Å². The highest BCUT2D eigenvalue weighted by Crippen LogP contribution is 2.39. The van der Waals surface area contributed by atoms with Crippen LogP contribution in [0.4, 0.5) is 39.3 Å². The van der Waals surface area contributed by atoms with Crippen molar-refractivity contribution in [3.63, 3.8) is 0 Å². The third-order valence-corrected chi connectivity index (χ3v) is 19.8. The number of nitrogen functional groups attached to an aromatic ring is 6. The maximum absolute atomic E-state index is 14.3. The van der Waals surface area contributed by atoms with Gasteiger partial charge in [0.2, 0.25) is 25.9 Å². The van der Waals surface area contributed by atoms with Crippen LogP contribution in [0.1, 0.15) is 88.3 Å². The molecule has 7 aromatic heterocycles. The van der Waals surface area contributed by atoms with Crippen molar-refractivity contribution in [2.45, 2.75) is 111 Å². The summed E-state index contributed by atoms with van der Waals surface area (Å²) in [6, 6.07) is 17.8. The Bertz CT molecular complexity index is 4360. The molecule has 0 unspecified atom stereocenters. The Balaban J connectivity index is 0.000000209. The topological polar surface area (TPSA) is 435 Å². The maximum Gasteiger partial charge on any atom is 0.213 e. The molecule has 0 amide bonds. The molecule has 0 saturated heterocycles. The summed E-state index contributed by atoms with van der Waals surface area (Å²) in [6.45, 7) is 10.1. The van der Waals surface area contributed by atoms with Crippen LogP contribution in [0.5, 0.6) is 23.1 Å². The lowest BCUT2D eigenvalue weighted by atomic mass is 10.1. The standard InChI is InChI=1S/C22H29N5O3S2.C20H25FN6O3S3.C19H25N7O3S3/c1-5-6-17-14(11-31-21-26-18(23)10-19(24)27-21)25-20(32-17)13-7-8-15(29-4)16(9-13)30-12-22(2,3)28;1-3-4-16-15(11-31-20-26-17(22)10-18(23)27-20)25-19(32-16)12-7-13(21)9-14(8-12)30-6-5-24-33(2,28)29;1-3-4-14-13(11-30-19-25-15(20)10-16(21)26-19)24-18(31-14)12-5-6-22-17(9-12)29-8-7-23-32(2,27)28/h7-10,28H,5-6,11-12H2,1-4H3,(H4,23,24,26,27);7-10,24H,3-6,11H2,1-2H3,(H4,22,23,26,27);5-6,9-10,23H,3-4,7-8,11H2,1-2H3,(H4,20,21,25,26)/i11D2;;. The predicted octanol–water partition coefficient (Wildman–Crippen LogP) is 9.58. The van der Waals surface area contributed by atoms with E-state index in [1.807, 2.05) is 19.1 Å². The highest BCUT2D eigenvalue weighted by molar-refractivity contribution is 7.98. The molecular formula is C61H79FN18O9S8. The van der Waals surface area contributed by atoms with Crippen LogP contribution in [0.2, 0.25) is 0 Å². The fraction of sp³-hybridized carbons (Fsp3) is 0.377. The van der Waals surface area contributed by atoms with E-state index in [0.29, 0.717) is 95.9 Å². The van der Waals surface area contributed by atoms with E-state index in [2.05, 4.69) is 63.2 Å². The zero-order valence-electron chi connectivity index (χ0n) is 56.4. The van der Waals surface area contributed by atoms with Gasteiger partial charge in [0.25, 0.3) is 0 Å². The fourth-order valence-corrected chi connectivity index (χ4v) is 15.3. The van der Waals surface area contributed by atoms with Gasteiger partial charge in [0.1, 0.15) is 81.3 Å². The fourth-order valence-electron chi connectivity index (χ4n) is 8.30. The quantitative estimate of drug-likeness (QED) is 0.0108. The number of sulfonamides is 2. The average molecular weight is 1490 g/mol. The van der Waals surface area contributed by atoms with Crippen molar-refractivity contribution in [2.24, 2.45) is 0 Å². The molecule has 97 heavy (non-hydrogen) atoms. The van der Waals surface area contributed by atoms with Gasteiger partial charge in [-0.15, -0.1) is 34.0 Å². The predicted molar refractivity (Wildman–Crippen MR) is 389 cm³/mol. The molecule has 0 radical (unpaired) electrons. The van der Waals surface area contributed by atoms with Gasteiger partial charge in [0.05, 0.1) is 42.3 Å². The van der Waals surface area contributed by atoms with Crippen molar-refractivity contribution < 1.29 is 48.0 Å².